The summed E-state index contributed by atoms with van der Waals surface area (Å²) in [5.74, 6) is 0.807. The molecule has 2 amide bonds. The molecular formula is C16H24N2O3. The van der Waals surface area contributed by atoms with Crippen molar-refractivity contribution in [3.63, 3.8) is 0 Å². The molecule has 5 heteroatoms. The largest absolute Gasteiger partial charge is 0.491 e. The van der Waals surface area contributed by atoms with Gasteiger partial charge in [0.15, 0.2) is 0 Å². The van der Waals surface area contributed by atoms with E-state index >= 15 is 0 Å². The lowest BCUT2D eigenvalue weighted by Gasteiger charge is -2.21. The Balaban J connectivity index is 2.75. The number of ether oxygens (including phenoxy) is 1. The predicted molar refractivity (Wildman–Crippen MR) is 84.8 cm³/mol. The minimum absolute atomic E-state index is 0.0819. The van der Waals surface area contributed by atoms with Crippen molar-refractivity contribution >= 4 is 11.7 Å². The van der Waals surface area contributed by atoms with Gasteiger partial charge in [0.25, 0.3) is 0 Å². The van der Waals surface area contributed by atoms with Gasteiger partial charge in [-0.3, -0.25) is 0 Å². The second-order valence-corrected chi connectivity index (χ2v) is 5.04. The molecule has 2 N–H and O–H groups in total. The highest BCUT2D eigenvalue weighted by atomic mass is 16.5. The van der Waals surface area contributed by atoms with Crippen LogP contribution in [0.1, 0.15) is 19.4 Å². The zero-order valence-corrected chi connectivity index (χ0v) is 12.9. The highest BCUT2D eigenvalue weighted by Crippen LogP contribution is 2.23. The lowest BCUT2D eigenvalue weighted by atomic mass is 10.2. The lowest BCUT2D eigenvalue weighted by molar-refractivity contribution is 0.195. The second kappa shape index (κ2) is 8.32. The molecule has 116 valence electrons. The van der Waals surface area contributed by atoms with E-state index in [4.69, 9.17) is 9.84 Å². The standard InChI is InChI=1S/C16H24N2O3/c1-5-8-18(9-10-19)16(20)17-14-6-7-15(13(4)11-14)21-12(2)3/h5-7,11-12,19H,1,8-10H2,2-4H3,(H,17,20). The van der Waals surface area contributed by atoms with Crippen molar-refractivity contribution in [3.8, 4) is 5.75 Å². The number of amides is 2. The molecule has 0 unspecified atom stereocenters. The second-order valence-electron chi connectivity index (χ2n) is 5.04. The van der Waals surface area contributed by atoms with Crippen molar-refractivity contribution in [2.45, 2.75) is 26.9 Å². The van der Waals surface area contributed by atoms with Gasteiger partial charge in [0.1, 0.15) is 5.75 Å². The predicted octanol–water partition coefficient (Wildman–Crippen LogP) is 2.79. The van der Waals surface area contributed by atoms with Crippen LogP contribution in [0.25, 0.3) is 0 Å². The smallest absolute Gasteiger partial charge is 0.322 e. The van der Waals surface area contributed by atoms with Crippen LogP contribution in [-0.2, 0) is 0 Å². The van der Waals surface area contributed by atoms with E-state index in [-0.39, 0.29) is 25.3 Å². The number of rotatable bonds is 7. The van der Waals surface area contributed by atoms with Crippen molar-refractivity contribution in [3.05, 3.63) is 36.4 Å². The van der Waals surface area contributed by atoms with Gasteiger partial charge in [-0.15, -0.1) is 6.58 Å². The number of carbonyl (C=O) groups is 1. The number of hydrogen-bond donors (Lipinski definition) is 2. The zero-order valence-electron chi connectivity index (χ0n) is 12.9. The first-order valence-corrected chi connectivity index (χ1v) is 7.03. The Morgan fingerprint density at radius 1 is 1.52 bits per heavy atom. The van der Waals surface area contributed by atoms with E-state index in [0.29, 0.717) is 12.2 Å². The number of aliphatic hydroxyl groups excluding tert-OH is 1. The summed E-state index contributed by atoms with van der Waals surface area (Å²) >= 11 is 0. The van der Waals surface area contributed by atoms with Crippen molar-refractivity contribution in [2.75, 3.05) is 25.0 Å². The van der Waals surface area contributed by atoms with E-state index in [2.05, 4.69) is 11.9 Å². The number of aryl methyl sites for hydroxylation is 1. The number of urea groups is 1. The quantitative estimate of drug-likeness (QED) is 0.760. The van der Waals surface area contributed by atoms with Gasteiger partial charge in [0.05, 0.1) is 12.7 Å². The minimum Gasteiger partial charge on any atom is -0.491 e. The van der Waals surface area contributed by atoms with Gasteiger partial charge in [-0.1, -0.05) is 6.08 Å². The molecule has 0 aliphatic heterocycles. The van der Waals surface area contributed by atoms with Crippen LogP contribution in [0.3, 0.4) is 0 Å². The topological polar surface area (TPSA) is 61.8 Å². The van der Waals surface area contributed by atoms with Crippen LogP contribution in [0, 0.1) is 6.92 Å². The fourth-order valence-electron chi connectivity index (χ4n) is 1.87. The van der Waals surface area contributed by atoms with Crippen molar-refractivity contribution < 1.29 is 14.6 Å². The number of anilines is 1. The third kappa shape index (κ3) is 5.47. The van der Waals surface area contributed by atoms with Crippen LogP contribution >= 0.6 is 0 Å². The van der Waals surface area contributed by atoms with Crippen molar-refractivity contribution in [1.29, 1.82) is 0 Å². The number of hydrogen-bond acceptors (Lipinski definition) is 3. The van der Waals surface area contributed by atoms with Gasteiger partial charge in [-0.05, 0) is 44.5 Å². The van der Waals surface area contributed by atoms with E-state index < -0.39 is 0 Å². The highest BCUT2D eigenvalue weighted by molar-refractivity contribution is 5.89. The molecule has 0 spiro atoms. The van der Waals surface area contributed by atoms with Crippen LogP contribution in [0.4, 0.5) is 10.5 Å². The van der Waals surface area contributed by atoms with Crippen molar-refractivity contribution in [2.24, 2.45) is 0 Å². The summed E-state index contributed by atoms with van der Waals surface area (Å²) in [6.45, 7) is 10.1. The summed E-state index contributed by atoms with van der Waals surface area (Å²) in [5.41, 5.74) is 1.65. The highest BCUT2D eigenvalue weighted by Gasteiger charge is 2.12. The Morgan fingerprint density at radius 3 is 2.76 bits per heavy atom. The lowest BCUT2D eigenvalue weighted by Crippen LogP contribution is -2.37. The van der Waals surface area contributed by atoms with Gasteiger partial charge in [0, 0.05) is 18.8 Å². The monoisotopic (exact) mass is 292 g/mol. The van der Waals surface area contributed by atoms with Crippen LogP contribution < -0.4 is 10.1 Å². The zero-order chi connectivity index (χ0) is 15.8. The maximum atomic E-state index is 12.1. The molecule has 1 aromatic rings. The molecule has 0 aromatic heterocycles. The van der Waals surface area contributed by atoms with Gasteiger partial charge in [0.2, 0.25) is 0 Å². The van der Waals surface area contributed by atoms with Crippen LogP contribution in [0.15, 0.2) is 30.9 Å². The number of benzene rings is 1. The number of aliphatic hydroxyl groups is 1. The molecule has 0 heterocycles. The molecule has 21 heavy (non-hydrogen) atoms. The summed E-state index contributed by atoms with van der Waals surface area (Å²) in [6.07, 6.45) is 1.73. The normalized spacial score (nSPS) is 10.3. The first-order chi connectivity index (χ1) is 9.97. The first-order valence-electron chi connectivity index (χ1n) is 7.03. The first kappa shape index (κ1) is 17.0. The Morgan fingerprint density at radius 2 is 2.24 bits per heavy atom. The molecule has 0 fully saturated rings. The van der Waals surface area contributed by atoms with E-state index in [1.54, 1.807) is 12.1 Å². The Kier molecular flexibility index (Phi) is 6.75. The summed E-state index contributed by atoms with van der Waals surface area (Å²) in [7, 11) is 0. The molecule has 0 aliphatic carbocycles. The molecule has 0 aliphatic rings. The number of carbonyl (C=O) groups excluding carboxylic acids is 1. The van der Waals surface area contributed by atoms with E-state index in [0.717, 1.165) is 11.3 Å². The molecule has 0 saturated carbocycles. The Labute approximate surface area is 126 Å². The van der Waals surface area contributed by atoms with Crippen LogP contribution in [0.5, 0.6) is 5.75 Å². The summed E-state index contributed by atoms with van der Waals surface area (Å²) in [5, 5.41) is 11.8. The summed E-state index contributed by atoms with van der Waals surface area (Å²) < 4.78 is 5.66. The van der Waals surface area contributed by atoms with Crippen LogP contribution in [-0.4, -0.2) is 41.8 Å². The average Bonchev–Trinajstić information content (AvgIpc) is 2.41. The molecule has 0 bridgehead atoms. The SMILES string of the molecule is C=CCN(CCO)C(=O)Nc1ccc(OC(C)C)c(C)c1. The average molecular weight is 292 g/mol. The van der Waals surface area contributed by atoms with E-state index in [1.165, 1.54) is 4.90 Å². The maximum absolute atomic E-state index is 12.1. The minimum atomic E-state index is -0.263. The van der Waals surface area contributed by atoms with E-state index in [9.17, 15) is 4.79 Å². The van der Waals surface area contributed by atoms with E-state index in [1.807, 2.05) is 32.9 Å². The van der Waals surface area contributed by atoms with Gasteiger partial charge < -0.3 is 20.1 Å². The van der Waals surface area contributed by atoms with Gasteiger partial charge >= 0.3 is 6.03 Å². The molecule has 0 atom stereocenters. The molecular weight excluding hydrogens is 268 g/mol. The fraction of sp³-hybridized carbons (Fsp3) is 0.438. The third-order valence-electron chi connectivity index (χ3n) is 2.80. The molecule has 1 aromatic carbocycles. The maximum Gasteiger partial charge on any atom is 0.322 e. The number of nitrogens with one attached hydrogen (secondary N) is 1. The van der Waals surface area contributed by atoms with Crippen LogP contribution in [0.2, 0.25) is 0 Å². The summed E-state index contributed by atoms with van der Waals surface area (Å²) in [4.78, 5) is 13.6. The Hall–Kier alpha value is -2.01. The fourth-order valence-corrected chi connectivity index (χ4v) is 1.87. The number of nitrogens with zero attached hydrogens (tertiary/aromatic N) is 1. The van der Waals surface area contributed by atoms with Crippen molar-refractivity contribution in [1.82, 2.24) is 4.90 Å². The molecule has 1 rings (SSSR count). The van der Waals surface area contributed by atoms with Gasteiger partial charge in [-0.2, -0.15) is 0 Å². The molecule has 5 nitrogen and oxygen atoms in total. The molecule has 0 saturated heterocycles. The third-order valence-corrected chi connectivity index (χ3v) is 2.80. The Bertz CT molecular complexity index is 486. The molecule has 0 radical (unpaired) electrons. The summed E-state index contributed by atoms with van der Waals surface area (Å²) in [6, 6.07) is 5.24. The van der Waals surface area contributed by atoms with Gasteiger partial charge in [-0.25, -0.2) is 4.79 Å².